The second kappa shape index (κ2) is 10.4. The number of hydrogen-bond donors (Lipinski definition) is 2. The molecule has 1 fully saturated rings. The van der Waals surface area contributed by atoms with E-state index in [4.69, 9.17) is 0 Å². The van der Waals surface area contributed by atoms with E-state index in [2.05, 4.69) is 21.0 Å². The molecule has 178 valence electrons. The average Bonchev–Trinajstić information content (AvgIpc) is 3.33. The van der Waals surface area contributed by atoms with E-state index in [1.807, 2.05) is 37.3 Å². The van der Waals surface area contributed by atoms with E-state index >= 15 is 0 Å². The van der Waals surface area contributed by atoms with Crippen molar-refractivity contribution in [1.82, 2.24) is 10.2 Å². The summed E-state index contributed by atoms with van der Waals surface area (Å²) in [7, 11) is -3.84. The first-order valence-electron chi connectivity index (χ1n) is 11.6. The van der Waals surface area contributed by atoms with Gasteiger partial charge in [-0.15, -0.1) is 0 Å². The van der Waals surface area contributed by atoms with Crippen molar-refractivity contribution in [3.63, 3.8) is 0 Å². The Kier molecular flexibility index (Phi) is 7.34. The predicted molar refractivity (Wildman–Crippen MR) is 135 cm³/mol. The number of aryl methyl sites for hydroxylation is 2. The van der Waals surface area contributed by atoms with Crippen LogP contribution in [0.4, 0.5) is 5.69 Å². The predicted octanol–water partition coefficient (Wildman–Crippen LogP) is 4.63. The van der Waals surface area contributed by atoms with Gasteiger partial charge in [0, 0.05) is 24.3 Å². The number of rotatable bonds is 8. The highest BCUT2D eigenvalue weighted by atomic mass is 32.2. The second-order valence-electron chi connectivity index (χ2n) is 8.89. The molecule has 1 amide bonds. The number of nitrogens with one attached hydrogen (secondary N) is 2. The lowest BCUT2D eigenvalue weighted by Gasteiger charge is -2.18. The number of sulfonamides is 1. The molecule has 4 rings (SSSR count). The average molecular weight is 478 g/mol. The monoisotopic (exact) mass is 477 g/mol. The SMILES string of the molecule is Cc1ccc(NS(=O)(=O)c2cc(C(=O)NCc3ccccc3CN3CCCC3)ccc2C)cc1. The lowest BCUT2D eigenvalue weighted by Crippen LogP contribution is -2.25. The molecule has 1 heterocycles. The quantitative estimate of drug-likeness (QED) is 0.496. The molecule has 0 bridgehead atoms. The molecule has 0 atom stereocenters. The number of carbonyl (C=O) groups is 1. The minimum absolute atomic E-state index is 0.0927. The molecule has 0 unspecified atom stereocenters. The zero-order valence-corrected chi connectivity index (χ0v) is 20.5. The van der Waals surface area contributed by atoms with Crippen LogP contribution in [-0.4, -0.2) is 32.3 Å². The molecule has 7 heteroatoms. The van der Waals surface area contributed by atoms with E-state index in [1.54, 1.807) is 31.2 Å². The summed E-state index contributed by atoms with van der Waals surface area (Å²) in [6, 6.07) is 20.0. The van der Waals surface area contributed by atoms with Crippen LogP contribution in [-0.2, 0) is 23.1 Å². The molecule has 2 N–H and O–H groups in total. The van der Waals surface area contributed by atoms with Crippen LogP contribution in [0.1, 0.15) is 45.5 Å². The van der Waals surface area contributed by atoms with Crippen LogP contribution in [0.3, 0.4) is 0 Å². The van der Waals surface area contributed by atoms with Crippen LogP contribution in [0.25, 0.3) is 0 Å². The van der Waals surface area contributed by atoms with E-state index < -0.39 is 10.0 Å². The maximum absolute atomic E-state index is 13.0. The van der Waals surface area contributed by atoms with Crippen molar-refractivity contribution in [3.8, 4) is 0 Å². The number of nitrogens with zero attached hydrogens (tertiary/aromatic N) is 1. The molecule has 0 radical (unpaired) electrons. The van der Waals surface area contributed by atoms with E-state index in [-0.39, 0.29) is 10.8 Å². The second-order valence-corrected chi connectivity index (χ2v) is 10.5. The lowest BCUT2D eigenvalue weighted by atomic mass is 10.1. The van der Waals surface area contributed by atoms with Gasteiger partial charge in [-0.1, -0.05) is 48.0 Å². The first-order chi connectivity index (χ1) is 16.3. The lowest BCUT2D eigenvalue weighted by molar-refractivity contribution is 0.0950. The van der Waals surface area contributed by atoms with E-state index in [0.717, 1.165) is 30.8 Å². The fourth-order valence-electron chi connectivity index (χ4n) is 4.21. The third-order valence-electron chi connectivity index (χ3n) is 6.19. The van der Waals surface area contributed by atoms with Crippen LogP contribution in [0.15, 0.2) is 71.6 Å². The van der Waals surface area contributed by atoms with Gasteiger partial charge in [-0.3, -0.25) is 14.4 Å². The minimum Gasteiger partial charge on any atom is -0.348 e. The van der Waals surface area contributed by atoms with Crippen molar-refractivity contribution < 1.29 is 13.2 Å². The molecular formula is C27H31N3O3S. The largest absolute Gasteiger partial charge is 0.348 e. The molecular weight excluding hydrogens is 446 g/mol. The summed E-state index contributed by atoms with van der Waals surface area (Å²) in [6.45, 7) is 7.15. The number of likely N-dealkylation sites (tertiary alicyclic amines) is 1. The summed E-state index contributed by atoms with van der Waals surface area (Å²) < 4.78 is 28.7. The zero-order chi connectivity index (χ0) is 24.1. The standard InChI is InChI=1S/C27H31N3O3S/c1-20-9-13-25(14-10-20)29-34(32,33)26-17-22(12-11-21(26)2)27(31)28-18-23-7-3-4-8-24(23)19-30-15-5-6-16-30/h3-4,7-14,17,29H,5-6,15-16,18-19H2,1-2H3,(H,28,31). The molecule has 1 aliphatic rings. The number of amides is 1. The van der Waals surface area contributed by atoms with E-state index in [1.165, 1.54) is 24.5 Å². The Morgan fingerprint density at radius 3 is 2.29 bits per heavy atom. The molecule has 0 aromatic heterocycles. The smallest absolute Gasteiger partial charge is 0.262 e. The van der Waals surface area contributed by atoms with Gasteiger partial charge in [-0.2, -0.15) is 0 Å². The fourth-order valence-corrected chi connectivity index (χ4v) is 5.54. The number of anilines is 1. The summed E-state index contributed by atoms with van der Waals surface area (Å²) in [6.07, 6.45) is 2.46. The Morgan fingerprint density at radius 2 is 1.59 bits per heavy atom. The maximum Gasteiger partial charge on any atom is 0.262 e. The van der Waals surface area contributed by atoms with Crippen molar-refractivity contribution >= 4 is 21.6 Å². The Balaban J connectivity index is 1.47. The topological polar surface area (TPSA) is 78.5 Å². The van der Waals surface area contributed by atoms with Gasteiger partial charge in [0.25, 0.3) is 15.9 Å². The van der Waals surface area contributed by atoms with Crippen LogP contribution in [0, 0.1) is 13.8 Å². The zero-order valence-electron chi connectivity index (χ0n) is 19.7. The summed E-state index contributed by atoms with van der Waals surface area (Å²) in [5.74, 6) is -0.303. The minimum atomic E-state index is -3.84. The third-order valence-corrected chi connectivity index (χ3v) is 7.72. The normalized spacial score (nSPS) is 14.2. The van der Waals surface area contributed by atoms with Gasteiger partial charge in [0.05, 0.1) is 4.90 Å². The summed E-state index contributed by atoms with van der Waals surface area (Å²) in [5, 5.41) is 2.96. The van der Waals surface area contributed by atoms with Crippen molar-refractivity contribution in [2.24, 2.45) is 0 Å². The highest BCUT2D eigenvalue weighted by Gasteiger charge is 2.20. The van der Waals surface area contributed by atoms with Crippen molar-refractivity contribution in [3.05, 3.63) is 94.5 Å². The van der Waals surface area contributed by atoms with E-state index in [0.29, 0.717) is 23.4 Å². The summed E-state index contributed by atoms with van der Waals surface area (Å²) >= 11 is 0. The molecule has 0 spiro atoms. The van der Waals surface area contributed by atoms with Crippen LogP contribution < -0.4 is 10.0 Å². The Labute approximate surface area is 202 Å². The van der Waals surface area contributed by atoms with Crippen LogP contribution in [0.5, 0.6) is 0 Å². The van der Waals surface area contributed by atoms with Crippen molar-refractivity contribution in [2.45, 2.75) is 44.7 Å². The van der Waals surface area contributed by atoms with Gasteiger partial charge >= 0.3 is 0 Å². The molecule has 3 aromatic rings. The third kappa shape index (κ3) is 5.85. The maximum atomic E-state index is 13.0. The highest BCUT2D eigenvalue weighted by molar-refractivity contribution is 7.92. The molecule has 34 heavy (non-hydrogen) atoms. The molecule has 3 aromatic carbocycles. The van der Waals surface area contributed by atoms with Gasteiger partial charge in [0.1, 0.15) is 0 Å². The summed E-state index contributed by atoms with van der Waals surface area (Å²) in [5.41, 5.74) is 4.69. The fraction of sp³-hybridized carbons (Fsp3) is 0.296. The number of hydrogen-bond acceptors (Lipinski definition) is 4. The van der Waals surface area contributed by atoms with Crippen LogP contribution in [0.2, 0.25) is 0 Å². The first-order valence-corrected chi connectivity index (χ1v) is 13.1. The van der Waals surface area contributed by atoms with E-state index in [9.17, 15) is 13.2 Å². The summed E-state index contributed by atoms with van der Waals surface area (Å²) in [4.78, 5) is 15.4. The van der Waals surface area contributed by atoms with Gasteiger partial charge in [-0.25, -0.2) is 8.42 Å². The van der Waals surface area contributed by atoms with Gasteiger partial charge in [-0.05, 0) is 80.7 Å². The van der Waals surface area contributed by atoms with Crippen LogP contribution >= 0.6 is 0 Å². The molecule has 6 nitrogen and oxygen atoms in total. The molecule has 0 aliphatic carbocycles. The van der Waals surface area contributed by atoms with Gasteiger partial charge in [0.2, 0.25) is 0 Å². The Hall–Kier alpha value is -3.16. The van der Waals surface area contributed by atoms with Crippen molar-refractivity contribution in [1.29, 1.82) is 0 Å². The van der Waals surface area contributed by atoms with Crippen molar-refractivity contribution in [2.75, 3.05) is 17.8 Å². The first kappa shape index (κ1) is 24.0. The Bertz CT molecular complexity index is 1260. The Morgan fingerprint density at radius 1 is 0.912 bits per heavy atom. The van der Waals surface area contributed by atoms with Gasteiger partial charge < -0.3 is 5.32 Å². The molecule has 0 saturated carbocycles. The molecule has 1 saturated heterocycles. The number of carbonyl (C=O) groups excluding carboxylic acids is 1. The molecule has 1 aliphatic heterocycles. The highest BCUT2D eigenvalue weighted by Crippen LogP contribution is 2.22. The number of benzene rings is 3. The van der Waals surface area contributed by atoms with Gasteiger partial charge in [0.15, 0.2) is 0 Å².